The molecule has 0 spiro atoms. The first-order chi connectivity index (χ1) is 17.2. The van der Waals surface area contributed by atoms with Gasteiger partial charge in [-0.15, -0.1) is 0 Å². The molecule has 2 heterocycles. The Hall–Kier alpha value is -4.66. The second-order valence-corrected chi connectivity index (χ2v) is 8.39. The molecule has 9 nitrogen and oxygen atoms in total. The van der Waals surface area contributed by atoms with E-state index in [1.54, 1.807) is 56.6 Å². The van der Waals surface area contributed by atoms with Gasteiger partial charge in [0.05, 0.1) is 22.6 Å². The lowest BCUT2D eigenvalue weighted by atomic mass is 10.1. The molecule has 4 aromatic rings. The number of nitrogens with zero attached hydrogens (tertiary/aromatic N) is 3. The van der Waals surface area contributed by atoms with Gasteiger partial charge < -0.3 is 30.0 Å². The van der Waals surface area contributed by atoms with Gasteiger partial charge >= 0.3 is 0 Å². The number of hydrogen-bond donors (Lipinski definition) is 4. The van der Waals surface area contributed by atoms with Crippen LogP contribution in [0.3, 0.4) is 0 Å². The highest BCUT2D eigenvalue weighted by Gasteiger charge is 2.26. The van der Waals surface area contributed by atoms with Gasteiger partial charge in [0, 0.05) is 14.1 Å². The van der Waals surface area contributed by atoms with Gasteiger partial charge in [0.2, 0.25) is 11.8 Å². The highest BCUT2D eigenvalue weighted by Crippen LogP contribution is 2.49. The molecule has 0 saturated heterocycles. The van der Waals surface area contributed by atoms with Gasteiger partial charge in [0.1, 0.15) is 17.2 Å². The Bertz CT molecular complexity index is 1430. The topological polar surface area (TPSA) is 123 Å². The van der Waals surface area contributed by atoms with E-state index in [1.165, 1.54) is 15.5 Å². The quantitative estimate of drug-likeness (QED) is 0.202. The molecule has 0 aliphatic rings. The monoisotopic (exact) mass is 488 g/mol. The third-order valence-electron chi connectivity index (χ3n) is 5.65. The normalized spacial score (nSPS) is 11.5. The van der Waals surface area contributed by atoms with Crippen molar-refractivity contribution in [2.24, 2.45) is 4.99 Å². The highest BCUT2D eigenvalue weighted by molar-refractivity contribution is 6.02. The van der Waals surface area contributed by atoms with Crippen LogP contribution in [-0.2, 0) is 0 Å². The molecule has 0 radical (unpaired) electrons. The minimum absolute atomic E-state index is 0.0472. The van der Waals surface area contributed by atoms with E-state index >= 15 is 0 Å². The molecule has 36 heavy (non-hydrogen) atoms. The molecule has 2 aromatic carbocycles. The summed E-state index contributed by atoms with van der Waals surface area (Å²) in [5.74, 6) is -0.0678. The number of aromatic hydroxyl groups is 3. The Morgan fingerprint density at radius 1 is 1.00 bits per heavy atom. The Balaban J connectivity index is 1.91. The number of carbonyl (C=O) groups excluding carboxylic acids is 1. The third-order valence-corrected chi connectivity index (χ3v) is 5.65. The van der Waals surface area contributed by atoms with E-state index in [0.29, 0.717) is 29.3 Å². The van der Waals surface area contributed by atoms with E-state index in [4.69, 9.17) is 4.42 Å². The second kappa shape index (κ2) is 9.91. The van der Waals surface area contributed by atoms with Gasteiger partial charge in [-0.2, -0.15) is 0 Å². The van der Waals surface area contributed by atoms with Crippen molar-refractivity contribution in [3.8, 4) is 23.2 Å². The van der Waals surface area contributed by atoms with Crippen LogP contribution >= 0.6 is 0 Å². The van der Waals surface area contributed by atoms with Crippen molar-refractivity contribution in [2.75, 3.05) is 19.4 Å². The maximum Gasteiger partial charge on any atom is 0.257 e. The summed E-state index contributed by atoms with van der Waals surface area (Å²) in [6.45, 7) is 3.72. The van der Waals surface area contributed by atoms with Crippen LogP contribution in [0, 0.1) is 6.92 Å². The van der Waals surface area contributed by atoms with E-state index in [-0.39, 0.29) is 46.0 Å². The maximum absolute atomic E-state index is 12.5. The molecule has 0 unspecified atom stereocenters. The molecule has 0 fully saturated rings. The summed E-state index contributed by atoms with van der Waals surface area (Å²) in [4.78, 5) is 18.5. The zero-order valence-corrected chi connectivity index (χ0v) is 20.5. The molecule has 0 atom stereocenters. The number of rotatable bonds is 7. The average molecular weight is 489 g/mol. The number of furan rings is 1. The summed E-state index contributed by atoms with van der Waals surface area (Å²) in [7, 11) is 3.17. The Kier molecular flexibility index (Phi) is 6.73. The number of benzene rings is 2. The minimum atomic E-state index is -0.384. The molecule has 0 bridgehead atoms. The van der Waals surface area contributed by atoms with Crippen molar-refractivity contribution >= 4 is 28.7 Å². The van der Waals surface area contributed by atoms with Gasteiger partial charge in [-0.1, -0.05) is 31.2 Å². The number of nitrogens with one attached hydrogen (secondary N) is 1. The number of aromatic nitrogens is 1. The van der Waals surface area contributed by atoms with Crippen LogP contribution in [-0.4, -0.2) is 50.5 Å². The van der Waals surface area contributed by atoms with Crippen molar-refractivity contribution < 1.29 is 24.5 Å². The lowest BCUT2D eigenvalue weighted by Crippen LogP contribution is -2.21. The summed E-state index contributed by atoms with van der Waals surface area (Å²) < 4.78 is 6.97. The molecule has 0 saturated carbocycles. The zero-order valence-electron chi connectivity index (χ0n) is 20.5. The van der Waals surface area contributed by atoms with E-state index in [1.807, 2.05) is 26.0 Å². The number of aryl methyl sites for hydroxylation is 1. The van der Waals surface area contributed by atoms with Gasteiger partial charge in [-0.25, -0.2) is 9.56 Å². The number of carbonyl (C=O) groups is 1. The highest BCUT2D eigenvalue weighted by atomic mass is 16.3. The Morgan fingerprint density at radius 3 is 2.33 bits per heavy atom. The fraction of sp³-hybridized carbons (Fsp3) is 0.185. The first-order valence-corrected chi connectivity index (χ1v) is 11.4. The van der Waals surface area contributed by atoms with Crippen LogP contribution in [0.2, 0.25) is 0 Å². The number of aliphatic imine (C=N–C) groups is 1. The summed E-state index contributed by atoms with van der Waals surface area (Å²) in [6.07, 6.45) is 0.487. The molecule has 4 N–H and O–H groups in total. The van der Waals surface area contributed by atoms with Crippen LogP contribution in [0.5, 0.6) is 17.5 Å². The van der Waals surface area contributed by atoms with Gasteiger partial charge in [0.25, 0.3) is 5.91 Å². The Labute approximate surface area is 208 Å². The van der Waals surface area contributed by atoms with Crippen molar-refractivity contribution in [1.82, 2.24) is 9.47 Å². The first-order valence-electron chi connectivity index (χ1n) is 11.4. The number of hydrogen-bond acceptors (Lipinski definition) is 7. The van der Waals surface area contributed by atoms with Crippen LogP contribution in [0.1, 0.15) is 35.2 Å². The second-order valence-electron chi connectivity index (χ2n) is 8.39. The first kappa shape index (κ1) is 24.5. The lowest BCUT2D eigenvalue weighted by Gasteiger charge is -2.15. The molecule has 9 heteroatoms. The van der Waals surface area contributed by atoms with Gasteiger partial charge in [-0.05, 0) is 49.7 Å². The summed E-state index contributed by atoms with van der Waals surface area (Å²) in [6, 6.07) is 17.1. The standard InChI is InChI=1S/C27H28N4O5/c1-5-19(21-15-14-16(2)36-21)28-22-23(27(35)31(26(22)34)17-10-7-6-8-11-17)29-20-13-9-12-18(24(20)32)25(33)30(3)4/h6-15,29,32,34-35H,5H2,1-4H3. The fourth-order valence-electron chi connectivity index (χ4n) is 3.80. The smallest absolute Gasteiger partial charge is 0.257 e. The zero-order chi connectivity index (χ0) is 26.0. The van der Waals surface area contributed by atoms with Crippen LogP contribution in [0.15, 0.2) is 70.1 Å². The van der Waals surface area contributed by atoms with Gasteiger partial charge in [0.15, 0.2) is 11.4 Å². The minimum Gasteiger partial charge on any atom is -0.505 e. The Morgan fingerprint density at radius 2 is 1.72 bits per heavy atom. The maximum atomic E-state index is 12.5. The lowest BCUT2D eigenvalue weighted by molar-refractivity contribution is 0.0824. The molecule has 0 aliphatic carbocycles. The van der Waals surface area contributed by atoms with Crippen LogP contribution in [0.25, 0.3) is 5.69 Å². The van der Waals surface area contributed by atoms with Crippen molar-refractivity contribution in [3.63, 3.8) is 0 Å². The fourth-order valence-corrected chi connectivity index (χ4v) is 3.80. The number of amides is 1. The number of phenolic OH excluding ortho intramolecular Hbond substituents is 1. The van der Waals surface area contributed by atoms with E-state index in [9.17, 15) is 20.1 Å². The number of para-hydroxylation sites is 2. The molecule has 2 aromatic heterocycles. The van der Waals surface area contributed by atoms with Crippen LogP contribution < -0.4 is 5.32 Å². The summed E-state index contributed by atoms with van der Waals surface area (Å²) in [5, 5.41) is 36.2. The van der Waals surface area contributed by atoms with Crippen LogP contribution in [0.4, 0.5) is 17.1 Å². The van der Waals surface area contributed by atoms with E-state index < -0.39 is 0 Å². The molecule has 186 valence electrons. The molecular formula is C27H28N4O5. The SMILES string of the molecule is CCC(=Nc1c(Nc2cccc(C(=O)N(C)C)c2O)c(O)n(-c2ccccc2)c1O)c1ccc(C)o1. The van der Waals surface area contributed by atoms with E-state index in [0.717, 1.165) is 0 Å². The molecule has 0 aliphatic heterocycles. The molecule has 4 rings (SSSR count). The predicted molar refractivity (Wildman–Crippen MR) is 138 cm³/mol. The van der Waals surface area contributed by atoms with Gasteiger partial charge in [-0.3, -0.25) is 4.79 Å². The third kappa shape index (κ3) is 4.50. The molecular weight excluding hydrogens is 460 g/mol. The predicted octanol–water partition coefficient (Wildman–Crippen LogP) is 5.47. The largest absolute Gasteiger partial charge is 0.505 e. The van der Waals surface area contributed by atoms with Crippen molar-refractivity contribution in [3.05, 3.63) is 77.7 Å². The molecule has 1 amide bonds. The number of anilines is 2. The number of phenols is 1. The summed E-state index contributed by atoms with van der Waals surface area (Å²) >= 11 is 0. The van der Waals surface area contributed by atoms with Crippen molar-refractivity contribution in [1.29, 1.82) is 0 Å². The average Bonchev–Trinajstić information content (AvgIpc) is 3.39. The van der Waals surface area contributed by atoms with Crippen molar-refractivity contribution in [2.45, 2.75) is 20.3 Å². The summed E-state index contributed by atoms with van der Waals surface area (Å²) in [5.41, 5.74) is 1.39. The van der Waals surface area contributed by atoms with E-state index in [2.05, 4.69) is 10.3 Å².